The lowest BCUT2D eigenvalue weighted by molar-refractivity contribution is 0.607. The predicted octanol–water partition coefficient (Wildman–Crippen LogP) is 11.3. The number of fused-ring (bicyclic) bond motifs is 5. The molecule has 6 aromatic rings. The third-order valence-corrected chi connectivity index (χ3v) is 9.59. The van der Waals surface area contributed by atoms with Gasteiger partial charge in [-0.15, -0.1) is 0 Å². The maximum atomic E-state index is 6.42. The summed E-state index contributed by atoms with van der Waals surface area (Å²) in [6, 6.07) is 29.6. The van der Waals surface area contributed by atoms with Gasteiger partial charge in [0.25, 0.3) is 0 Å². The van der Waals surface area contributed by atoms with Crippen molar-refractivity contribution in [2.75, 3.05) is 0 Å². The van der Waals surface area contributed by atoms with Crippen LogP contribution in [0.4, 0.5) is 0 Å². The van der Waals surface area contributed by atoms with Crippen LogP contribution in [0.25, 0.3) is 67.0 Å². The molecule has 0 unspecified atom stereocenters. The topological polar surface area (TPSA) is 51.8 Å². The quantitative estimate of drug-likeness (QED) is 0.176. The van der Waals surface area contributed by atoms with Gasteiger partial charge in [0.15, 0.2) is 17.5 Å². The Morgan fingerprint density at radius 1 is 0.809 bits per heavy atom. The molecule has 0 radical (unpaired) electrons. The lowest BCUT2D eigenvalue weighted by atomic mass is 9.78. The fourth-order valence-electron chi connectivity index (χ4n) is 7.17. The van der Waals surface area contributed by atoms with E-state index in [9.17, 15) is 0 Å². The van der Waals surface area contributed by atoms with Crippen LogP contribution in [0.2, 0.25) is 0 Å². The summed E-state index contributed by atoms with van der Waals surface area (Å²) < 4.78 is 6.42. The number of hydrogen-bond acceptors (Lipinski definition) is 4. The molecular weight excluding hydrogens is 574 g/mol. The summed E-state index contributed by atoms with van der Waals surface area (Å²) in [6.45, 7) is 10.8. The van der Waals surface area contributed by atoms with Gasteiger partial charge in [0.05, 0.1) is 0 Å². The zero-order valence-corrected chi connectivity index (χ0v) is 26.9. The highest BCUT2D eigenvalue weighted by atomic mass is 16.3. The molecule has 228 valence electrons. The van der Waals surface area contributed by atoms with Crippen molar-refractivity contribution in [1.82, 2.24) is 15.0 Å². The summed E-state index contributed by atoms with van der Waals surface area (Å²) in [4.78, 5) is 14.9. The lowest BCUT2D eigenvalue weighted by Gasteiger charge is -2.26. The van der Waals surface area contributed by atoms with E-state index in [1.165, 1.54) is 22.3 Å². The van der Waals surface area contributed by atoms with Crippen molar-refractivity contribution in [3.63, 3.8) is 0 Å². The average Bonchev–Trinajstić information content (AvgIpc) is 3.60. The van der Waals surface area contributed by atoms with Crippen LogP contribution < -0.4 is 0 Å². The first-order valence-corrected chi connectivity index (χ1v) is 16.2. The minimum atomic E-state index is 0.0174. The van der Waals surface area contributed by atoms with E-state index in [1.807, 2.05) is 67.6 Å². The van der Waals surface area contributed by atoms with Gasteiger partial charge in [-0.25, -0.2) is 15.0 Å². The molecule has 0 N–H and O–H groups in total. The number of allylic oxidation sites excluding steroid dienone is 9. The highest BCUT2D eigenvalue weighted by molar-refractivity contribution is 6.12. The van der Waals surface area contributed by atoms with Crippen molar-refractivity contribution in [2.24, 2.45) is 0 Å². The Labute approximate surface area is 275 Å². The second-order valence-electron chi connectivity index (χ2n) is 12.7. The Kier molecular flexibility index (Phi) is 6.95. The van der Waals surface area contributed by atoms with Crippen LogP contribution in [0.1, 0.15) is 50.6 Å². The third-order valence-electron chi connectivity index (χ3n) is 9.59. The molecule has 4 nitrogen and oxygen atoms in total. The molecule has 0 fully saturated rings. The van der Waals surface area contributed by atoms with Crippen molar-refractivity contribution >= 4 is 33.1 Å². The molecule has 2 heterocycles. The van der Waals surface area contributed by atoms with Crippen LogP contribution in [0, 0.1) is 0 Å². The van der Waals surface area contributed by atoms with E-state index < -0.39 is 0 Å². The third kappa shape index (κ3) is 4.80. The van der Waals surface area contributed by atoms with Crippen LogP contribution >= 0.6 is 0 Å². The smallest absolute Gasteiger partial charge is 0.164 e. The summed E-state index contributed by atoms with van der Waals surface area (Å²) in [5.41, 5.74) is 12.4. The van der Waals surface area contributed by atoms with Gasteiger partial charge in [-0.1, -0.05) is 123 Å². The standard InChI is InChI=1S/C43H35N3O/c1-5-7-14-27(6-2)40-44-41(28-15-9-8-10-16-28)46-42(45-40)33-18-13-20-38-39(33)34-25-29(22-24-37(34)47-38)30-21-23-32-31-17-11-12-19-35(31)43(3,4)36(32)26-30/h5-11,13-18,20-26H,2,12,19H2,1,3-4H3/b7-5-,27-14+. The van der Waals surface area contributed by atoms with E-state index in [2.05, 4.69) is 75.0 Å². The molecule has 0 atom stereocenters. The Hall–Kier alpha value is -5.61. The van der Waals surface area contributed by atoms with Crippen LogP contribution in [0.15, 0.2) is 138 Å². The Bertz CT molecular complexity index is 2350. The van der Waals surface area contributed by atoms with Crippen molar-refractivity contribution in [2.45, 2.75) is 39.0 Å². The number of nitrogens with zero attached hydrogens (tertiary/aromatic N) is 3. The van der Waals surface area contributed by atoms with Gasteiger partial charge in [-0.05, 0) is 71.9 Å². The molecule has 0 amide bonds. The molecule has 0 spiro atoms. The largest absolute Gasteiger partial charge is 0.456 e. The minimum Gasteiger partial charge on any atom is -0.456 e. The second kappa shape index (κ2) is 11.3. The van der Waals surface area contributed by atoms with Gasteiger partial charge in [-0.3, -0.25) is 0 Å². The van der Waals surface area contributed by atoms with Crippen LogP contribution in [0.5, 0.6) is 0 Å². The van der Waals surface area contributed by atoms with E-state index in [1.54, 1.807) is 11.6 Å². The molecule has 2 aliphatic rings. The molecule has 4 aromatic carbocycles. The van der Waals surface area contributed by atoms with Crippen molar-refractivity contribution in [1.29, 1.82) is 0 Å². The molecular formula is C43H35N3O. The molecule has 4 heteroatoms. The first kappa shape index (κ1) is 28.8. The Morgan fingerprint density at radius 3 is 2.45 bits per heavy atom. The fraction of sp³-hybridized carbons (Fsp3) is 0.140. The molecule has 8 rings (SSSR count). The minimum absolute atomic E-state index is 0.0174. The molecule has 0 saturated carbocycles. The first-order valence-electron chi connectivity index (χ1n) is 16.2. The highest BCUT2D eigenvalue weighted by Crippen LogP contribution is 2.51. The molecule has 47 heavy (non-hydrogen) atoms. The molecule has 0 bridgehead atoms. The molecule has 2 aromatic heterocycles. The van der Waals surface area contributed by atoms with Gasteiger partial charge in [0, 0.05) is 32.9 Å². The van der Waals surface area contributed by atoms with Crippen molar-refractivity contribution in [3.8, 4) is 33.9 Å². The van der Waals surface area contributed by atoms with Gasteiger partial charge >= 0.3 is 0 Å². The number of furan rings is 1. The van der Waals surface area contributed by atoms with Gasteiger partial charge in [0.2, 0.25) is 0 Å². The zero-order valence-electron chi connectivity index (χ0n) is 26.9. The number of benzene rings is 4. The summed E-state index contributed by atoms with van der Waals surface area (Å²) in [7, 11) is 0. The van der Waals surface area contributed by atoms with Gasteiger partial charge < -0.3 is 4.42 Å². The second-order valence-corrected chi connectivity index (χ2v) is 12.7. The normalized spacial score (nSPS) is 15.5. The van der Waals surface area contributed by atoms with Crippen LogP contribution in [-0.2, 0) is 5.41 Å². The molecule has 0 saturated heterocycles. The predicted molar refractivity (Wildman–Crippen MR) is 195 cm³/mol. The van der Waals surface area contributed by atoms with Crippen molar-refractivity contribution < 1.29 is 4.42 Å². The molecule has 0 aliphatic heterocycles. The monoisotopic (exact) mass is 609 g/mol. The van der Waals surface area contributed by atoms with E-state index in [4.69, 9.17) is 19.4 Å². The SMILES string of the molecule is C=C/C(=C\C=C/C)c1nc(-c2ccccc2)nc(-c2cccc3oc4ccc(-c5ccc6c(c5)C(C)(C)C5=C6C=CCC5)cc4c23)n1. The average molecular weight is 610 g/mol. The van der Waals surface area contributed by atoms with E-state index in [-0.39, 0.29) is 5.41 Å². The van der Waals surface area contributed by atoms with E-state index >= 15 is 0 Å². The van der Waals surface area contributed by atoms with Gasteiger partial charge in [0.1, 0.15) is 11.2 Å². The summed E-state index contributed by atoms with van der Waals surface area (Å²) >= 11 is 0. The first-order chi connectivity index (χ1) is 23.0. The zero-order chi connectivity index (χ0) is 32.1. The van der Waals surface area contributed by atoms with Crippen molar-refractivity contribution in [3.05, 3.63) is 150 Å². The van der Waals surface area contributed by atoms with E-state index in [0.29, 0.717) is 17.5 Å². The van der Waals surface area contributed by atoms with Crippen LogP contribution in [0.3, 0.4) is 0 Å². The number of aromatic nitrogens is 3. The number of rotatable bonds is 6. The fourth-order valence-corrected chi connectivity index (χ4v) is 7.17. The summed E-state index contributed by atoms with van der Waals surface area (Å²) in [6.07, 6.45) is 14.6. The summed E-state index contributed by atoms with van der Waals surface area (Å²) in [5, 5.41) is 2.02. The van der Waals surface area contributed by atoms with Crippen LogP contribution in [-0.4, -0.2) is 15.0 Å². The maximum absolute atomic E-state index is 6.42. The van der Waals surface area contributed by atoms with E-state index in [0.717, 1.165) is 57.0 Å². The lowest BCUT2D eigenvalue weighted by Crippen LogP contribution is -2.17. The maximum Gasteiger partial charge on any atom is 0.164 e. The summed E-state index contributed by atoms with van der Waals surface area (Å²) in [5.74, 6) is 1.76. The number of hydrogen-bond donors (Lipinski definition) is 0. The highest BCUT2D eigenvalue weighted by Gasteiger charge is 2.37. The van der Waals surface area contributed by atoms with Gasteiger partial charge in [-0.2, -0.15) is 0 Å². The Morgan fingerprint density at radius 2 is 1.62 bits per heavy atom. The Balaban J connectivity index is 1.30. The molecule has 2 aliphatic carbocycles.